The predicted molar refractivity (Wildman–Crippen MR) is 81.4 cm³/mol. The molecule has 0 heterocycles. The quantitative estimate of drug-likeness (QED) is 0.827. The summed E-state index contributed by atoms with van der Waals surface area (Å²) in [6.45, 7) is 2.76. The van der Waals surface area contributed by atoms with Crippen molar-refractivity contribution in [3.8, 4) is 5.75 Å². The number of rotatable bonds is 5. The highest BCUT2D eigenvalue weighted by atomic mass is 16.5. The monoisotopic (exact) mass is 269 g/mol. The molecule has 0 aliphatic carbocycles. The molecule has 0 saturated heterocycles. The number of hydrogen-bond acceptors (Lipinski definition) is 2. The van der Waals surface area contributed by atoms with Gasteiger partial charge < -0.3 is 9.64 Å². The Kier molecular flexibility index (Phi) is 4.77. The Morgan fingerprint density at radius 2 is 1.70 bits per heavy atom. The summed E-state index contributed by atoms with van der Waals surface area (Å²) in [6.07, 6.45) is 0.907. The van der Waals surface area contributed by atoms with Crippen LogP contribution in [0.3, 0.4) is 0 Å². The summed E-state index contributed by atoms with van der Waals surface area (Å²) in [5, 5.41) is 0. The fourth-order valence-electron chi connectivity index (χ4n) is 2.07. The maximum atomic E-state index is 12.6. The SMILES string of the molecule is CCCN(C(=O)c1ccccc1)c1ccc(OC)cc1. The minimum Gasteiger partial charge on any atom is -0.497 e. The first kappa shape index (κ1) is 14.1. The zero-order valence-electron chi connectivity index (χ0n) is 11.9. The largest absolute Gasteiger partial charge is 0.497 e. The Balaban J connectivity index is 2.28. The Hall–Kier alpha value is -2.29. The van der Waals surface area contributed by atoms with Gasteiger partial charge in [0.2, 0.25) is 0 Å². The molecule has 0 bridgehead atoms. The molecule has 2 aromatic rings. The lowest BCUT2D eigenvalue weighted by Gasteiger charge is -2.22. The van der Waals surface area contributed by atoms with E-state index in [1.54, 1.807) is 12.0 Å². The van der Waals surface area contributed by atoms with Gasteiger partial charge in [-0.1, -0.05) is 25.1 Å². The van der Waals surface area contributed by atoms with Gasteiger partial charge >= 0.3 is 0 Å². The Bertz CT molecular complexity index is 549. The van der Waals surface area contributed by atoms with Gasteiger partial charge in [-0.05, 0) is 42.8 Å². The molecule has 0 aromatic heterocycles. The first-order chi connectivity index (χ1) is 9.76. The normalized spacial score (nSPS) is 10.1. The highest BCUT2D eigenvalue weighted by Gasteiger charge is 2.16. The van der Waals surface area contributed by atoms with E-state index in [1.807, 2.05) is 54.6 Å². The summed E-state index contributed by atoms with van der Waals surface area (Å²) >= 11 is 0. The number of methoxy groups -OCH3 is 1. The molecule has 0 atom stereocenters. The molecular weight excluding hydrogens is 250 g/mol. The van der Waals surface area contributed by atoms with Crippen molar-refractivity contribution < 1.29 is 9.53 Å². The van der Waals surface area contributed by atoms with Crippen LogP contribution in [0.2, 0.25) is 0 Å². The van der Waals surface area contributed by atoms with E-state index in [-0.39, 0.29) is 5.91 Å². The highest BCUT2D eigenvalue weighted by Crippen LogP contribution is 2.21. The van der Waals surface area contributed by atoms with E-state index in [0.29, 0.717) is 12.1 Å². The van der Waals surface area contributed by atoms with Crippen LogP contribution in [-0.2, 0) is 0 Å². The fourth-order valence-corrected chi connectivity index (χ4v) is 2.07. The third-order valence-corrected chi connectivity index (χ3v) is 3.10. The minimum absolute atomic E-state index is 0.0256. The molecule has 3 nitrogen and oxygen atoms in total. The average Bonchev–Trinajstić information content (AvgIpc) is 2.53. The molecule has 20 heavy (non-hydrogen) atoms. The maximum Gasteiger partial charge on any atom is 0.258 e. The first-order valence-electron chi connectivity index (χ1n) is 6.77. The number of anilines is 1. The summed E-state index contributed by atoms with van der Waals surface area (Å²) in [6, 6.07) is 16.9. The van der Waals surface area contributed by atoms with E-state index in [9.17, 15) is 4.79 Å². The number of ether oxygens (including phenoxy) is 1. The molecule has 0 fully saturated rings. The van der Waals surface area contributed by atoms with Crippen LogP contribution in [0.4, 0.5) is 5.69 Å². The van der Waals surface area contributed by atoms with Crippen LogP contribution in [0.5, 0.6) is 5.75 Å². The Morgan fingerprint density at radius 3 is 2.25 bits per heavy atom. The van der Waals surface area contributed by atoms with Gasteiger partial charge in [-0.25, -0.2) is 0 Å². The van der Waals surface area contributed by atoms with Gasteiger partial charge in [0.25, 0.3) is 5.91 Å². The van der Waals surface area contributed by atoms with Gasteiger partial charge in [-0.2, -0.15) is 0 Å². The van der Waals surface area contributed by atoms with Gasteiger partial charge in [0.05, 0.1) is 7.11 Å². The summed E-state index contributed by atoms with van der Waals surface area (Å²) in [4.78, 5) is 14.4. The molecule has 104 valence electrons. The fraction of sp³-hybridized carbons (Fsp3) is 0.235. The number of amides is 1. The minimum atomic E-state index is 0.0256. The van der Waals surface area contributed by atoms with Crippen molar-refractivity contribution >= 4 is 11.6 Å². The summed E-state index contributed by atoms with van der Waals surface area (Å²) in [7, 11) is 1.63. The van der Waals surface area contributed by atoms with Crippen LogP contribution in [-0.4, -0.2) is 19.6 Å². The lowest BCUT2D eigenvalue weighted by Crippen LogP contribution is -2.31. The van der Waals surface area contributed by atoms with Crippen LogP contribution in [0.15, 0.2) is 54.6 Å². The van der Waals surface area contributed by atoms with Crippen molar-refractivity contribution in [1.29, 1.82) is 0 Å². The van der Waals surface area contributed by atoms with Crippen LogP contribution in [0.25, 0.3) is 0 Å². The van der Waals surface area contributed by atoms with Crippen molar-refractivity contribution in [2.24, 2.45) is 0 Å². The van der Waals surface area contributed by atoms with Crippen LogP contribution < -0.4 is 9.64 Å². The molecule has 2 rings (SSSR count). The molecule has 2 aromatic carbocycles. The predicted octanol–water partition coefficient (Wildman–Crippen LogP) is 3.75. The Labute approximate surface area is 119 Å². The number of carbonyl (C=O) groups excluding carboxylic acids is 1. The average molecular weight is 269 g/mol. The molecule has 0 unspecified atom stereocenters. The van der Waals surface area contributed by atoms with Gasteiger partial charge in [-0.3, -0.25) is 4.79 Å². The first-order valence-corrected chi connectivity index (χ1v) is 6.77. The Morgan fingerprint density at radius 1 is 1.05 bits per heavy atom. The molecule has 0 N–H and O–H groups in total. The number of carbonyl (C=O) groups is 1. The van der Waals surface area contributed by atoms with Crippen molar-refractivity contribution in [2.45, 2.75) is 13.3 Å². The van der Waals surface area contributed by atoms with Crippen molar-refractivity contribution in [3.63, 3.8) is 0 Å². The van der Waals surface area contributed by atoms with E-state index >= 15 is 0 Å². The topological polar surface area (TPSA) is 29.5 Å². The third kappa shape index (κ3) is 3.18. The zero-order valence-corrected chi connectivity index (χ0v) is 11.9. The van der Waals surface area contributed by atoms with Crippen LogP contribution in [0, 0.1) is 0 Å². The smallest absolute Gasteiger partial charge is 0.258 e. The molecular formula is C17H19NO2. The summed E-state index contributed by atoms with van der Waals surface area (Å²) < 4.78 is 5.15. The van der Waals surface area contributed by atoms with Crippen LogP contribution >= 0.6 is 0 Å². The van der Waals surface area contributed by atoms with Crippen molar-refractivity contribution in [1.82, 2.24) is 0 Å². The van der Waals surface area contributed by atoms with Crippen molar-refractivity contribution in [2.75, 3.05) is 18.6 Å². The third-order valence-electron chi connectivity index (χ3n) is 3.10. The molecule has 3 heteroatoms. The van der Waals surface area contributed by atoms with Gasteiger partial charge in [-0.15, -0.1) is 0 Å². The molecule has 0 saturated carbocycles. The van der Waals surface area contributed by atoms with Crippen LogP contribution in [0.1, 0.15) is 23.7 Å². The zero-order chi connectivity index (χ0) is 14.4. The lowest BCUT2D eigenvalue weighted by atomic mass is 10.1. The number of nitrogens with zero attached hydrogens (tertiary/aromatic N) is 1. The second kappa shape index (κ2) is 6.75. The maximum absolute atomic E-state index is 12.6. The summed E-state index contributed by atoms with van der Waals surface area (Å²) in [5.41, 5.74) is 1.60. The van der Waals surface area contributed by atoms with Crippen molar-refractivity contribution in [3.05, 3.63) is 60.2 Å². The number of hydrogen-bond donors (Lipinski definition) is 0. The second-order valence-electron chi connectivity index (χ2n) is 4.52. The van der Waals surface area contributed by atoms with E-state index in [0.717, 1.165) is 17.9 Å². The molecule has 0 aliphatic heterocycles. The lowest BCUT2D eigenvalue weighted by molar-refractivity contribution is 0.0987. The van der Waals surface area contributed by atoms with Gasteiger partial charge in [0.1, 0.15) is 5.75 Å². The van der Waals surface area contributed by atoms with E-state index < -0.39 is 0 Å². The second-order valence-corrected chi connectivity index (χ2v) is 4.52. The van der Waals surface area contributed by atoms with Gasteiger partial charge in [0, 0.05) is 17.8 Å². The highest BCUT2D eigenvalue weighted by molar-refractivity contribution is 6.06. The molecule has 0 radical (unpaired) electrons. The standard InChI is InChI=1S/C17H19NO2/c1-3-13-18(15-9-11-16(20-2)12-10-15)17(19)14-7-5-4-6-8-14/h4-12H,3,13H2,1-2H3. The molecule has 1 amide bonds. The van der Waals surface area contributed by atoms with E-state index in [4.69, 9.17) is 4.74 Å². The van der Waals surface area contributed by atoms with Gasteiger partial charge in [0.15, 0.2) is 0 Å². The summed E-state index contributed by atoms with van der Waals surface area (Å²) in [5.74, 6) is 0.815. The van der Waals surface area contributed by atoms with E-state index in [1.165, 1.54) is 0 Å². The molecule has 0 aliphatic rings. The van der Waals surface area contributed by atoms with E-state index in [2.05, 4.69) is 6.92 Å². The molecule has 0 spiro atoms. The number of benzene rings is 2.